The summed E-state index contributed by atoms with van der Waals surface area (Å²) < 4.78 is 0. The molecule has 0 radical (unpaired) electrons. The Morgan fingerprint density at radius 3 is 0.600 bits per heavy atom. The summed E-state index contributed by atoms with van der Waals surface area (Å²) in [6.45, 7) is 36.0. The van der Waals surface area contributed by atoms with Gasteiger partial charge in [0.2, 0.25) is 0 Å². The second kappa shape index (κ2) is 68.2. The quantitative estimate of drug-likeness (QED) is 0.172. The zero-order valence-electron chi connectivity index (χ0n) is 37.5. The Kier molecular flexibility index (Phi) is 84.9. The van der Waals surface area contributed by atoms with Crippen LogP contribution in [0.2, 0.25) is 0 Å². The molecular weight excluding hydrogens is 601 g/mol. The molecule has 50 heavy (non-hydrogen) atoms. The number of hydrogen-bond acceptors (Lipinski definition) is 0. The second-order valence-electron chi connectivity index (χ2n) is 8.60. The van der Waals surface area contributed by atoms with Crippen molar-refractivity contribution in [3.8, 4) is 0 Å². The predicted octanol–water partition coefficient (Wildman–Crippen LogP) is 18.7. The molecule has 2 aliphatic rings. The molecule has 4 aromatic carbocycles. The first-order valence-electron chi connectivity index (χ1n) is 21.4. The summed E-state index contributed by atoms with van der Waals surface area (Å²) in [5.41, 5.74) is 3.16. The smallest absolute Gasteiger partial charge is 0.0184 e. The topological polar surface area (TPSA) is 0 Å². The molecule has 0 atom stereocenters. The van der Waals surface area contributed by atoms with Crippen molar-refractivity contribution in [1.29, 1.82) is 0 Å². The molecule has 292 valence electrons. The maximum absolute atomic E-state index is 2.26. The van der Waals surface area contributed by atoms with Crippen molar-refractivity contribution in [1.82, 2.24) is 0 Å². The molecule has 0 saturated heterocycles. The fraction of sp³-hybridized carbons (Fsp3) is 0.560. The van der Waals surface area contributed by atoms with Gasteiger partial charge in [-0.15, -0.1) is 0 Å². The van der Waals surface area contributed by atoms with E-state index < -0.39 is 0 Å². The van der Waals surface area contributed by atoms with E-state index in [1.807, 2.05) is 161 Å². The van der Waals surface area contributed by atoms with Crippen molar-refractivity contribution in [2.75, 3.05) is 0 Å². The van der Waals surface area contributed by atoms with Gasteiger partial charge < -0.3 is 0 Å². The SMILES string of the molecule is C1CCCCC1.CC.CC.CC.CC.CC.CC.CC.CC.CC.c1ccc2c(c1)CCCC2.c1ccc2ccccc2c1.c1ccccc1. The predicted molar refractivity (Wildman–Crippen MR) is 243 cm³/mol. The van der Waals surface area contributed by atoms with Gasteiger partial charge in [-0.05, 0) is 47.6 Å². The number of rotatable bonds is 0. The molecule has 0 amide bonds. The molecule has 0 aliphatic heterocycles. The van der Waals surface area contributed by atoms with Crippen LogP contribution in [0.25, 0.3) is 10.8 Å². The van der Waals surface area contributed by atoms with E-state index in [4.69, 9.17) is 0 Å². The molecule has 1 fully saturated rings. The Hall–Kier alpha value is -2.86. The highest BCUT2D eigenvalue weighted by atomic mass is 14.1. The Balaban J connectivity index is -0.0000000869. The zero-order valence-corrected chi connectivity index (χ0v) is 37.5. The molecule has 2 aliphatic carbocycles. The van der Waals surface area contributed by atoms with Crippen LogP contribution in [-0.2, 0) is 12.8 Å². The molecule has 0 unspecified atom stereocenters. The van der Waals surface area contributed by atoms with E-state index in [2.05, 4.69) is 72.8 Å². The third-order valence-electron chi connectivity index (χ3n) is 6.09. The highest BCUT2D eigenvalue weighted by molar-refractivity contribution is 5.82. The van der Waals surface area contributed by atoms with Gasteiger partial charge in [0.1, 0.15) is 0 Å². The summed E-state index contributed by atoms with van der Waals surface area (Å²) in [4.78, 5) is 0. The Bertz CT molecular complexity index is 854. The lowest BCUT2D eigenvalue weighted by molar-refractivity contribution is 0.504. The molecule has 0 N–H and O–H groups in total. The summed E-state index contributed by atoms with van der Waals surface area (Å²) in [6, 6.07) is 37.5. The normalized spacial score (nSPS) is 10.2. The lowest BCUT2D eigenvalue weighted by Gasteiger charge is -2.13. The van der Waals surface area contributed by atoms with Crippen LogP contribution >= 0.6 is 0 Å². The number of aryl methyl sites for hydroxylation is 2. The van der Waals surface area contributed by atoms with E-state index in [-0.39, 0.29) is 0 Å². The monoisotopic (exact) mass is 693 g/mol. The lowest BCUT2D eigenvalue weighted by Crippen LogP contribution is -2.00. The van der Waals surface area contributed by atoms with Gasteiger partial charge in [-0.25, -0.2) is 0 Å². The van der Waals surface area contributed by atoms with Crippen molar-refractivity contribution in [3.63, 3.8) is 0 Å². The van der Waals surface area contributed by atoms with Crippen molar-refractivity contribution in [3.05, 3.63) is 120 Å². The summed E-state index contributed by atoms with van der Waals surface area (Å²) in [7, 11) is 0. The maximum atomic E-state index is 2.26. The number of benzene rings is 4. The second-order valence-corrected chi connectivity index (χ2v) is 8.60. The van der Waals surface area contributed by atoms with Crippen LogP contribution in [0.5, 0.6) is 0 Å². The minimum atomic E-state index is 1.30. The van der Waals surface area contributed by atoms with E-state index in [0.29, 0.717) is 0 Å². The Morgan fingerprint density at radius 1 is 0.220 bits per heavy atom. The lowest BCUT2D eigenvalue weighted by atomic mass is 9.92. The molecule has 1 saturated carbocycles. The molecular formula is C50H92. The van der Waals surface area contributed by atoms with Crippen molar-refractivity contribution in [2.45, 2.75) is 189 Å². The van der Waals surface area contributed by atoms with Crippen LogP contribution in [0.4, 0.5) is 0 Å². The minimum Gasteiger partial charge on any atom is -0.0683 e. The molecule has 0 aromatic heterocycles. The van der Waals surface area contributed by atoms with E-state index >= 15 is 0 Å². The van der Waals surface area contributed by atoms with Crippen LogP contribution in [0, 0.1) is 0 Å². The van der Waals surface area contributed by atoms with Gasteiger partial charge in [0.05, 0.1) is 0 Å². The van der Waals surface area contributed by atoms with E-state index in [1.54, 1.807) is 11.1 Å². The molecule has 0 spiro atoms. The Labute approximate surface area is 319 Å². The highest BCUT2D eigenvalue weighted by Gasteiger charge is 2.06. The molecule has 0 heterocycles. The first kappa shape index (κ1) is 62.3. The fourth-order valence-electron chi connectivity index (χ4n) is 4.25. The van der Waals surface area contributed by atoms with Gasteiger partial charge >= 0.3 is 0 Å². The first-order valence-corrected chi connectivity index (χ1v) is 21.4. The van der Waals surface area contributed by atoms with Crippen LogP contribution in [0.3, 0.4) is 0 Å². The van der Waals surface area contributed by atoms with Gasteiger partial charge in [-0.3, -0.25) is 0 Å². The summed E-state index contributed by atoms with van der Waals surface area (Å²) in [5, 5.41) is 2.62. The number of fused-ring (bicyclic) bond motifs is 2. The molecule has 0 bridgehead atoms. The molecule has 0 nitrogen and oxygen atoms in total. The summed E-state index contributed by atoms with van der Waals surface area (Å²) >= 11 is 0. The summed E-state index contributed by atoms with van der Waals surface area (Å²) in [6.07, 6.45) is 14.4. The average molecular weight is 693 g/mol. The van der Waals surface area contributed by atoms with E-state index in [0.717, 1.165) is 0 Å². The van der Waals surface area contributed by atoms with Gasteiger partial charge in [0, 0.05) is 0 Å². The fourth-order valence-corrected chi connectivity index (χ4v) is 4.25. The first-order chi connectivity index (χ1) is 24.9. The molecule has 6 rings (SSSR count). The van der Waals surface area contributed by atoms with Gasteiger partial charge in [-0.2, -0.15) is 0 Å². The number of hydrogen-bond donors (Lipinski definition) is 0. The van der Waals surface area contributed by atoms with Gasteiger partial charge in [0.15, 0.2) is 0 Å². The standard InChI is InChI=1S/C10H12.C10H8.C6H12.C6H6.9C2H6/c2*1-2-6-10-8-4-3-7-9(10)5-1;2*1-2-4-6-5-3-1;9*1-2/h1-2,5-6H,3-4,7-8H2;1-8H;1-6H2;1-6H;9*1-2H3. The maximum Gasteiger partial charge on any atom is -0.0184 e. The third-order valence-corrected chi connectivity index (χ3v) is 6.09. The highest BCUT2D eigenvalue weighted by Crippen LogP contribution is 2.19. The minimum absolute atomic E-state index is 1.30. The summed E-state index contributed by atoms with van der Waals surface area (Å²) in [5.74, 6) is 0. The molecule has 0 heteroatoms. The van der Waals surface area contributed by atoms with Crippen LogP contribution in [0.1, 0.15) is 187 Å². The van der Waals surface area contributed by atoms with Crippen LogP contribution in [0.15, 0.2) is 109 Å². The van der Waals surface area contributed by atoms with E-state index in [9.17, 15) is 0 Å². The van der Waals surface area contributed by atoms with Gasteiger partial charge in [0.25, 0.3) is 0 Å². The zero-order chi connectivity index (χ0) is 40.1. The average Bonchev–Trinajstić information content (AvgIpc) is 3.29. The van der Waals surface area contributed by atoms with Crippen molar-refractivity contribution in [2.24, 2.45) is 0 Å². The van der Waals surface area contributed by atoms with Crippen LogP contribution < -0.4 is 0 Å². The van der Waals surface area contributed by atoms with Gasteiger partial charge in [-0.1, -0.05) is 272 Å². The van der Waals surface area contributed by atoms with Crippen LogP contribution in [-0.4, -0.2) is 0 Å². The molecule has 4 aromatic rings. The third kappa shape index (κ3) is 43.2. The largest absolute Gasteiger partial charge is 0.0683 e. The van der Waals surface area contributed by atoms with Crippen molar-refractivity contribution < 1.29 is 0 Å². The van der Waals surface area contributed by atoms with Crippen molar-refractivity contribution >= 4 is 10.8 Å². The van der Waals surface area contributed by atoms with E-state index in [1.165, 1.54) is 75.0 Å². The Morgan fingerprint density at radius 2 is 0.400 bits per heavy atom.